The minimum absolute atomic E-state index is 0.295. The Morgan fingerprint density at radius 3 is 2.80 bits per heavy atom. The van der Waals surface area contributed by atoms with Gasteiger partial charge in [0.25, 0.3) is 0 Å². The molecule has 0 bridgehead atoms. The van der Waals surface area contributed by atoms with Crippen molar-refractivity contribution in [3.8, 4) is 5.75 Å². The van der Waals surface area contributed by atoms with E-state index >= 15 is 0 Å². The lowest BCUT2D eigenvalue weighted by molar-refractivity contribution is -0.119. The minimum Gasteiger partial charge on any atom is -0.497 e. The number of carbonyl (C=O) groups excluding carboxylic acids is 1. The van der Waals surface area contributed by atoms with Crippen LogP contribution in [0, 0.1) is 5.92 Å². The number of hydrogen-bond donors (Lipinski definition) is 1. The van der Waals surface area contributed by atoms with Crippen LogP contribution in [0.1, 0.15) is 44.6 Å². The van der Waals surface area contributed by atoms with E-state index in [0.29, 0.717) is 30.9 Å². The summed E-state index contributed by atoms with van der Waals surface area (Å²) >= 11 is 0. The third-order valence-corrected chi connectivity index (χ3v) is 4.88. The fourth-order valence-corrected chi connectivity index (χ4v) is 3.29. The largest absolute Gasteiger partial charge is 0.497 e. The monoisotopic (exact) mass is 348 g/mol. The van der Waals surface area contributed by atoms with Gasteiger partial charge in [0.1, 0.15) is 12.4 Å². The van der Waals surface area contributed by atoms with Crippen LogP contribution in [0.25, 0.3) is 0 Å². The van der Waals surface area contributed by atoms with Crippen molar-refractivity contribution in [2.45, 2.75) is 51.7 Å². The maximum atomic E-state index is 11.1. The second kappa shape index (κ2) is 9.91. The van der Waals surface area contributed by atoms with Crippen molar-refractivity contribution < 1.29 is 19.5 Å². The van der Waals surface area contributed by atoms with E-state index in [2.05, 4.69) is 12.1 Å². The third-order valence-electron chi connectivity index (χ3n) is 4.88. The average Bonchev–Trinajstić information content (AvgIpc) is 3.11. The first-order valence-electron chi connectivity index (χ1n) is 8.87. The SMILES string of the molecule is CC[C@@H](C/C(=N\O)OCc1ccc(OC)cc1)C[C@H]1CCCN1C=O. The van der Waals surface area contributed by atoms with Crippen LogP contribution in [0.5, 0.6) is 5.75 Å². The molecule has 6 heteroatoms. The Kier molecular flexibility index (Phi) is 7.57. The van der Waals surface area contributed by atoms with Gasteiger partial charge in [-0.25, -0.2) is 0 Å². The molecule has 0 aliphatic carbocycles. The molecule has 0 spiro atoms. The highest BCUT2D eigenvalue weighted by Gasteiger charge is 2.26. The van der Waals surface area contributed by atoms with E-state index in [-0.39, 0.29) is 0 Å². The summed E-state index contributed by atoms with van der Waals surface area (Å²) < 4.78 is 10.8. The summed E-state index contributed by atoms with van der Waals surface area (Å²) in [6.45, 7) is 3.31. The van der Waals surface area contributed by atoms with Gasteiger partial charge in [-0.2, -0.15) is 0 Å². The summed E-state index contributed by atoms with van der Waals surface area (Å²) in [6.07, 6.45) is 5.51. The van der Waals surface area contributed by atoms with Crippen molar-refractivity contribution in [1.82, 2.24) is 4.90 Å². The average molecular weight is 348 g/mol. The Bertz CT molecular complexity index is 559. The van der Waals surface area contributed by atoms with Gasteiger partial charge in [0.05, 0.1) is 7.11 Å². The van der Waals surface area contributed by atoms with E-state index in [1.807, 2.05) is 29.2 Å². The van der Waals surface area contributed by atoms with E-state index in [4.69, 9.17) is 9.47 Å². The highest BCUT2D eigenvalue weighted by atomic mass is 16.5. The second-order valence-electron chi connectivity index (χ2n) is 6.48. The van der Waals surface area contributed by atoms with Crippen LogP contribution in [0.3, 0.4) is 0 Å². The standard InChI is InChI=1S/C19H28N2O4/c1-3-15(11-17-5-4-10-21(17)14-22)12-19(20-23)25-13-16-6-8-18(24-2)9-7-16/h6-9,14-15,17,23H,3-5,10-13H2,1-2H3/b20-19+/t15-,17-/m1/s1. The van der Waals surface area contributed by atoms with Crippen LogP contribution >= 0.6 is 0 Å². The lowest BCUT2D eigenvalue weighted by Gasteiger charge is -2.25. The molecule has 1 saturated heterocycles. The summed E-state index contributed by atoms with van der Waals surface area (Å²) in [7, 11) is 1.63. The fourth-order valence-electron chi connectivity index (χ4n) is 3.29. The van der Waals surface area contributed by atoms with Gasteiger partial charge < -0.3 is 19.6 Å². The van der Waals surface area contributed by atoms with Crippen LogP contribution in [0.2, 0.25) is 0 Å². The minimum atomic E-state index is 0.295. The first kappa shape index (κ1) is 19.1. The van der Waals surface area contributed by atoms with Gasteiger partial charge in [-0.15, -0.1) is 0 Å². The highest BCUT2D eigenvalue weighted by Crippen LogP contribution is 2.26. The van der Waals surface area contributed by atoms with Gasteiger partial charge in [0.15, 0.2) is 0 Å². The van der Waals surface area contributed by atoms with Crippen LogP contribution in [-0.4, -0.2) is 42.1 Å². The molecule has 138 valence electrons. The number of ether oxygens (including phenoxy) is 2. The topological polar surface area (TPSA) is 71.4 Å². The van der Waals surface area contributed by atoms with Gasteiger partial charge in [-0.1, -0.05) is 30.6 Å². The van der Waals surface area contributed by atoms with Gasteiger partial charge in [0, 0.05) is 19.0 Å². The molecule has 0 aromatic heterocycles. The van der Waals surface area contributed by atoms with Crippen molar-refractivity contribution in [3.63, 3.8) is 0 Å². The summed E-state index contributed by atoms with van der Waals surface area (Å²) in [5.74, 6) is 1.47. The first-order valence-corrected chi connectivity index (χ1v) is 8.87. The van der Waals surface area contributed by atoms with Crippen LogP contribution in [0.15, 0.2) is 29.4 Å². The van der Waals surface area contributed by atoms with Gasteiger partial charge in [-0.3, -0.25) is 4.79 Å². The fraction of sp³-hybridized carbons (Fsp3) is 0.579. The van der Waals surface area contributed by atoms with Crippen LogP contribution in [0.4, 0.5) is 0 Å². The Morgan fingerprint density at radius 2 is 2.20 bits per heavy atom. The molecule has 0 saturated carbocycles. The zero-order valence-corrected chi connectivity index (χ0v) is 15.1. The maximum absolute atomic E-state index is 11.1. The molecule has 2 atom stereocenters. The number of hydrogen-bond acceptors (Lipinski definition) is 5. The van der Waals surface area contributed by atoms with Crippen LogP contribution in [-0.2, 0) is 16.1 Å². The van der Waals surface area contributed by atoms with Crippen molar-refractivity contribution in [3.05, 3.63) is 29.8 Å². The molecule has 1 aromatic carbocycles. The number of oxime groups is 1. The molecule has 0 unspecified atom stereocenters. The van der Waals surface area contributed by atoms with Crippen molar-refractivity contribution in [1.29, 1.82) is 0 Å². The number of amides is 1. The summed E-state index contributed by atoms with van der Waals surface area (Å²) in [4.78, 5) is 13.0. The molecular formula is C19H28N2O4. The highest BCUT2D eigenvalue weighted by molar-refractivity contribution is 5.75. The molecule has 0 radical (unpaired) electrons. The third kappa shape index (κ3) is 5.66. The molecule has 6 nitrogen and oxygen atoms in total. The van der Waals surface area contributed by atoms with Crippen molar-refractivity contribution in [2.24, 2.45) is 11.1 Å². The summed E-state index contributed by atoms with van der Waals surface area (Å²) in [5.41, 5.74) is 0.984. The zero-order chi connectivity index (χ0) is 18.1. The normalized spacial score (nSPS) is 18.9. The number of methoxy groups -OCH3 is 1. The first-order chi connectivity index (χ1) is 12.2. The van der Waals surface area contributed by atoms with E-state index < -0.39 is 0 Å². The van der Waals surface area contributed by atoms with Crippen LogP contribution < -0.4 is 4.74 Å². The predicted molar refractivity (Wildman–Crippen MR) is 95.8 cm³/mol. The Morgan fingerprint density at radius 1 is 1.44 bits per heavy atom. The molecule has 1 aliphatic rings. The number of likely N-dealkylation sites (tertiary alicyclic amines) is 1. The number of rotatable bonds is 9. The zero-order valence-electron chi connectivity index (χ0n) is 15.1. The molecule has 2 rings (SSSR count). The van der Waals surface area contributed by atoms with Gasteiger partial charge in [-0.05, 0) is 42.9 Å². The lowest BCUT2D eigenvalue weighted by atomic mass is 9.93. The molecular weight excluding hydrogens is 320 g/mol. The maximum Gasteiger partial charge on any atom is 0.226 e. The number of benzene rings is 1. The molecule has 1 fully saturated rings. The Hall–Kier alpha value is -2.24. The Balaban J connectivity index is 1.85. The molecule has 1 aromatic rings. The predicted octanol–water partition coefficient (Wildman–Crippen LogP) is 3.43. The van der Waals surface area contributed by atoms with Crippen molar-refractivity contribution >= 4 is 12.3 Å². The quantitative estimate of drug-likeness (QED) is 0.244. The number of carbonyl (C=O) groups is 1. The van der Waals surface area contributed by atoms with Crippen molar-refractivity contribution in [2.75, 3.05) is 13.7 Å². The molecule has 1 aliphatic heterocycles. The molecule has 25 heavy (non-hydrogen) atoms. The smallest absolute Gasteiger partial charge is 0.226 e. The molecule has 1 N–H and O–H groups in total. The van der Waals surface area contributed by atoms with Gasteiger partial charge >= 0.3 is 0 Å². The summed E-state index contributed by atoms with van der Waals surface area (Å²) in [6, 6.07) is 7.88. The summed E-state index contributed by atoms with van der Waals surface area (Å²) in [5, 5.41) is 12.6. The van der Waals surface area contributed by atoms with E-state index in [0.717, 1.165) is 50.0 Å². The molecule has 1 heterocycles. The molecule has 1 amide bonds. The number of nitrogens with zero attached hydrogens (tertiary/aromatic N) is 2. The Labute approximate surface area is 149 Å². The van der Waals surface area contributed by atoms with E-state index in [1.54, 1.807) is 7.11 Å². The second-order valence-corrected chi connectivity index (χ2v) is 6.48. The van der Waals surface area contributed by atoms with Gasteiger partial charge in [0.2, 0.25) is 12.3 Å². The van der Waals surface area contributed by atoms with E-state index in [9.17, 15) is 10.0 Å². The lowest BCUT2D eigenvalue weighted by Crippen LogP contribution is -2.30. The van der Waals surface area contributed by atoms with E-state index in [1.165, 1.54) is 0 Å².